The van der Waals surface area contributed by atoms with Gasteiger partial charge in [0.2, 0.25) is 0 Å². The number of ether oxygens (including phenoxy) is 1. The van der Waals surface area contributed by atoms with E-state index in [0.29, 0.717) is 6.42 Å². The van der Waals surface area contributed by atoms with Crippen molar-refractivity contribution in [2.24, 2.45) is 0 Å². The van der Waals surface area contributed by atoms with Crippen LogP contribution in [0.2, 0.25) is 5.02 Å². The number of hydrogen-bond acceptors (Lipinski definition) is 5. The number of nitrogens with one attached hydrogen (secondary N) is 4. The van der Waals surface area contributed by atoms with Crippen molar-refractivity contribution in [2.45, 2.75) is 37.5 Å². The number of aryl methyl sites for hydroxylation is 1. The molecule has 4 N–H and O–H groups in total. The average molecular weight is 415 g/mol. The molecule has 0 saturated carbocycles. The number of rotatable bonds is 7. The van der Waals surface area contributed by atoms with Gasteiger partial charge < -0.3 is 4.74 Å². The quantitative estimate of drug-likeness (QED) is 0.560. The fourth-order valence-corrected chi connectivity index (χ4v) is 5.14. The van der Waals surface area contributed by atoms with Crippen molar-refractivity contribution in [3.8, 4) is 5.75 Å². The molecule has 0 aliphatic carbocycles. The van der Waals surface area contributed by atoms with E-state index in [1.54, 1.807) is 7.11 Å². The molecule has 2 saturated heterocycles. The Balaban J connectivity index is 1.75. The highest BCUT2D eigenvalue weighted by atomic mass is 35.5. The van der Waals surface area contributed by atoms with E-state index in [2.05, 4.69) is 52.5 Å². The summed E-state index contributed by atoms with van der Waals surface area (Å²) in [6, 6.07) is 14.6. The first-order valence-electron chi connectivity index (χ1n) is 10.5. The van der Waals surface area contributed by atoms with Gasteiger partial charge in [0.15, 0.2) is 0 Å². The predicted molar refractivity (Wildman–Crippen MR) is 119 cm³/mol. The molecule has 2 aromatic carbocycles. The molecule has 2 aliphatic rings. The second-order valence-electron chi connectivity index (χ2n) is 7.91. The van der Waals surface area contributed by atoms with Crippen molar-refractivity contribution in [3.63, 3.8) is 0 Å². The van der Waals surface area contributed by atoms with Crippen LogP contribution < -0.4 is 26.0 Å². The summed E-state index contributed by atoms with van der Waals surface area (Å²) in [4.78, 5) is 0. The standard InChI is InChI=1S/C23H31ClN4O/c1-3-17-7-4-5-8-18(17)15-22(25-11-12-26-22)23(27-13-14-28-23)16-19-20(24)9-6-10-21(19)29-2/h4-10,25-28H,3,11-16H2,1-2H3. The fourth-order valence-electron chi connectivity index (χ4n) is 4.91. The highest BCUT2D eigenvalue weighted by molar-refractivity contribution is 6.31. The zero-order valence-electron chi connectivity index (χ0n) is 17.3. The van der Waals surface area contributed by atoms with Crippen LogP contribution in [0.15, 0.2) is 42.5 Å². The van der Waals surface area contributed by atoms with E-state index in [1.807, 2.05) is 18.2 Å². The van der Waals surface area contributed by atoms with Gasteiger partial charge in [-0.05, 0) is 29.7 Å². The highest BCUT2D eigenvalue weighted by Gasteiger charge is 2.54. The van der Waals surface area contributed by atoms with Gasteiger partial charge in [0.1, 0.15) is 17.1 Å². The van der Waals surface area contributed by atoms with Gasteiger partial charge in [-0.15, -0.1) is 0 Å². The van der Waals surface area contributed by atoms with Crippen molar-refractivity contribution in [2.75, 3.05) is 33.3 Å². The Labute approximate surface area is 178 Å². The van der Waals surface area contributed by atoms with Crippen molar-refractivity contribution in [1.82, 2.24) is 21.3 Å². The van der Waals surface area contributed by atoms with E-state index in [4.69, 9.17) is 16.3 Å². The summed E-state index contributed by atoms with van der Waals surface area (Å²) in [5.41, 5.74) is 3.07. The zero-order valence-corrected chi connectivity index (χ0v) is 18.0. The van der Waals surface area contributed by atoms with Gasteiger partial charge in [0, 0.05) is 49.6 Å². The van der Waals surface area contributed by atoms with E-state index in [-0.39, 0.29) is 11.3 Å². The van der Waals surface area contributed by atoms with Gasteiger partial charge in [-0.1, -0.05) is 48.9 Å². The topological polar surface area (TPSA) is 57.4 Å². The first-order valence-corrected chi connectivity index (χ1v) is 10.9. The molecule has 0 bridgehead atoms. The molecule has 0 aromatic heterocycles. The molecule has 0 unspecified atom stereocenters. The third-order valence-corrected chi connectivity index (χ3v) is 6.73. The summed E-state index contributed by atoms with van der Waals surface area (Å²) in [5.74, 6) is 0.828. The van der Waals surface area contributed by atoms with E-state index in [9.17, 15) is 0 Å². The van der Waals surface area contributed by atoms with E-state index >= 15 is 0 Å². The van der Waals surface area contributed by atoms with E-state index in [0.717, 1.165) is 55.4 Å². The van der Waals surface area contributed by atoms with Crippen LogP contribution in [0.1, 0.15) is 23.6 Å². The SMILES string of the molecule is CCc1ccccc1CC1(C2(Cc3c(Cl)cccc3OC)NCCN2)NCCN1. The zero-order chi connectivity index (χ0) is 20.3. The van der Waals surface area contributed by atoms with E-state index in [1.165, 1.54) is 11.1 Å². The molecule has 2 heterocycles. The van der Waals surface area contributed by atoms with Crippen LogP contribution in [0, 0.1) is 0 Å². The molecule has 2 fully saturated rings. The Bertz CT molecular complexity index is 845. The largest absolute Gasteiger partial charge is 0.496 e. The first kappa shape index (κ1) is 20.6. The second-order valence-corrected chi connectivity index (χ2v) is 8.32. The Morgan fingerprint density at radius 3 is 2.00 bits per heavy atom. The monoisotopic (exact) mass is 414 g/mol. The third-order valence-electron chi connectivity index (χ3n) is 6.38. The molecule has 2 aliphatic heterocycles. The summed E-state index contributed by atoms with van der Waals surface area (Å²) in [5, 5.41) is 15.9. The molecule has 0 radical (unpaired) electrons. The maximum Gasteiger partial charge on any atom is 0.123 e. The Morgan fingerprint density at radius 1 is 0.828 bits per heavy atom. The van der Waals surface area contributed by atoms with Gasteiger partial charge in [0.25, 0.3) is 0 Å². The Kier molecular flexibility index (Phi) is 6.13. The molecular weight excluding hydrogens is 384 g/mol. The van der Waals surface area contributed by atoms with Gasteiger partial charge in [-0.2, -0.15) is 0 Å². The predicted octanol–water partition coefficient (Wildman–Crippen LogP) is 2.47. The molecule has 0 amide bonds. The van der Waals surface area contributed by atoms with Gasteiger partial charge in [-0.3, -0.25) is 21.3 Å². The maximum absolute atomic E-state index is 6.63. The fraction of sp³-hybridized carbons (Fsp3) is 0.478. The molecular formula is C23H31ClN4O. The average Bonchev–Trinajstić information content (AvgIpc) is 3.41. The van der Waals surface area contributed by atoms with Crippen LogP contribution in [0.3, 0.4) is 0 Å². The molecule has 5 nitrogen and oxygen atoms in total. The van der Waals surface area contributed by atoms with Crippen molar-refractivity contribution < 1.29 is 4.74 Å². The summed E-state index contributed by atoms with van der Waals surface area (Å²) in [6.07, 6.45) is 2.62. The minimum absolute atomic E-state index is 0.334. The van der Waals surface area contributed by atoms with Crippen LogP contribution >= 0.6 is 11.6 Å². The molecule has 4 rings (SSSR count). The lowest BCUT2D eigenvalue weighted by molar-refractivity contribution is 0.117. The lowest BCUT2D eigenvalue weighted by Crippen LogP contribution is -2.77. The smallest absolute Gasteiger partial charge is 0.123 e. The lowest BCUT2D eigenvalue weighted by Gasteiger charge is -2.48. The number of benzene rings is 2. The third kappa shape index (κ3) is 3.78. The molecule has 0 atom stereocenters. The summed E-state index contributed by atoms with van der Waals surface area (Å²) >= 11 is 6.63. The van der Waals surface area contributed by atoms with Gasteiger partial charge >= 0.3 is 0 Å². The van der Waals surface area contributed by atoms with Crippen LogP contribution in [-0.2, 0) is 19.3 Å². The molecule has 6 heteroatoms. The molecule has 29 heavy (non-hydrogen) atoms. The van der Waals surface area contributed by atoms with Crippen molar-refractivity contribution in [1.29, 1.82) is 0 Å². The summed E-state index contributed by atoms with van der Waals surface area (Å²) in [6.45, 7) is 5.90. The normalized spacial score (nSPS) is 20.1. The van der Waals surface area contributed by atoms with Gasteiger partial charge in [-0.25, -0.2) is 0 Å². The Morgan fingerprint density at radius 2 is 1.41 bits per heavy atom. The van der Waals surface area contributed by atoms with Crippen LogP contribution in [-0.4, -0.2) is 44.6 Å². The summed E-state index contributed by atoms with van der Waals surface area (Å²) < 4.78 is 5.65. The summed E-state index contributed by atoms with van der Waals surface area (Å²) in [7, 11) is 1.71. The highest BCUT2D eigenvalue weighted by Crippen LogP contribution is 2.36. The van der Waals surface area contributed by atoms with Crippen LogP contribution in [0.5, 0.6) is 5.75 Å². The second kappa shape index (κ2) is 8.62. The number of halogens is 1. The molecule has 2 aromatic rings. The van der Waals surface area contributed by atoms with Gasteiger partial charge in [0.05, 0.1) is 7.11 Å². The minimum atomic E-state index is -0.386. The number of methoxy groups -OCH3 is 1. The van der Waals surface area contributed by atoms with Crippen LogP contribution in [0.25, 0.3) is 0 Å². The van der Waals surface area contributed by atoms with Crippen LogP contribution in [0.4, 0.5) is 0 Å². The van der Waals surface area contributed by atoms with Crippen molar-refractivity contribution >= 4 is 11.6 Å². The Hall–Kier alpha value is -1.63. The molecule has 156 valence electrons. The lowest BCUT2D eigenvalue weighted by atomic mass is 9.81. The molecule has 0 spiro atoms. The number of hydrogen-bond donors (Lipinski definition) is 4. The first-order chi connectivity index (χ1) is 14.1. The van der Waals surface area contributed by atoms with E-state index < -0.39 is 0 Å². The minimum Gasteiger partial charge on any atom is -0.496 e. The van der Waals surface area contributed by atoms with Crippen molar-refractivity contribution in [3.05, 3.63) is 64.2 Å². The maximum atomic E-state index is 6.63.